The molecule has 3 aromatic rings. The molecule has 0 saturated carbocycles. The van der Waals surface area contributed by atoms with Crippen LogP contribution in [0.1, 0.15) is 18.7 Å². The second-order valence-corrected chi connectivity index (χ2v) is 7.33. The molecule has 0 saturated heterocycles. The Labute approximate surface area is 158 Å². The van der Waals surface area contributed by atoms with E-state index >= 15 is 0 Å². The maximum absolute atomic E-state index is 12.1. The van der Waals surface area contributed by atoms with Crippen molar-refractivity contribution < 1.29 is 9.21 Å². The van der Waals surface area contributed by atoms with Crippen molar-refractivity contribution in [3.8, 4) is 11.4 Å². The van der Waals surface area contributed by atoms with Gasteiger partial charge in [0.25, 0.3) is 0 Å². The lowest BCUT2D eigenvalue weighted by Crippen LogP contribution is -2.28. The van der Waals surface area contributed by atoms with E-state index in [1.807, 2.05) is 48.9 Å². The Balaban J connectivity index is 1.61. The van der Waals surface area contributed by atoms with Gasteiger partial charge in [0.1, 0.15) is 5.76 Å². The molecule has 0 unspecified atom stereocenters. The van der Waals surface area contributed by atoms with Crippen LogP contribution in [-0.4, -0.2) is 26.4 Å². The summed E-state index contributed by atoms with van der Waals surface area (Å²) in [4.78, 5) is 12.1. The molecule has 0 bridgehead atoms. The first-order valence-corrected chi connectivity index (χ1v) is 9.43. The van der Waals surface area contributed by atoms with Gasteiger partial charge in [0.15, 0.2) is 11.0 Å². The molecule has 0 radical (unpaired) electrons. The van der Waals surface area contributed by atoms with E-state index in [4.69, 9.17) is 4.42 Å². The number of nitrogens with zero attached hydrogens (tertiary/aromatic N) is 3. The Morgan fingerprint density at radius 2 is 2.20 bits per heavy atom. The van der Waals surface area contributed by atoms with Crippen molar-refractivity contribution in [1.82, 2.24) is 20.1 Å². The molecule has 1 atom stereocenters. The van der Waals surface area contributed by atoms with Gasteiger partial charge in [-0.05, 0) is 31.2 Å². The van der Waals surface area contributed by atoms with Crippen molar-refractivity contribution in [1.29, 1.82) is 0 Å². The predicted molar refractivity (Wildman–Crippen MR) is 100 cm³/mol. The van der Waals surface area contributed by atoms with Gasteiger partial charge in [-0.2, -0.15) is 0 Å². The van der Waals surface area contributed by atoms with Crippen LogP contribution in [0.3, 0.4) is 0 Å². The molecular formula is C17H17BrN4O2S. The smallest absolute Gasteiger partial charge is 0.231 e. The van der Waals surface area contributed by atoms with Gasteiger partial charge in [0.05, 0.1) is 18.1 Å². The van der Waals surface area contributed by atoms with E-state index < -0.39 is 0 Å². The molecule has 2 heterocycles. The highest BCUT2D eigenvalue weighted by molar-refractivity contribution is 9.10. The summed E-state index contributed by atoms with van der Waals surface area (Å²) >= 11 is 4.81. The SMILES string of the molecule is C[C@H](NC(=O)CSc1nnc(-c2cccc(Br)c2)n1C)c1ccco1. The van der Waals surface area contributed by atoms with Gasteiger partial charge < -0.3 is 14.3 Å². The zero-order chi connectivity index (χ0) is 17.8. The number of nitrogens with one attached hydrogen (secondary N) is 1. The number of thioether (sulfide) groups is 1. The lowest BCUT2D eigenvalue weighted by molar-refractivity contribution is -0.119. The van der Waals surface area contributed by atoms with Crippen molar-refractivity contribution in [3.63, 3.8) is 0 Å². The fourth-order valence-electron chi connectivity index (χ4n) is 2.34. The molecule has 2 aromatic heterocycles. The van der Waals surface area contributed by atoms with Crippen LogP contribution in [0.15, 0.2) is 56.7 Å². The molecule has 1 aromatic carbocycles. The number of carbonyl (C=O) groups is 1. The van der Waals surface area contributed by atoms with Crippen molar-refractivity contribution in [3.05, 3.63) is 52.9 Å². The normalized spacial score (nSPS) is 12.1. The quantitative estimate of drug-likeness (QED) is 0.613. The molecule has 6 nitrogen and oxygen atoms in total. The standard InChI is InChI=1S/C17H17BrN4O2S/c1-11(14-7-4-8-24-14)19-15(23)10-25-17-21-20-16(22(17)2)12-5-3-6-13(18)9-12/h3-9,11H,10H2,1-2H3,(H,19,23)/t11-/m0/s1. The molecule has 130 valence electrons. The van der Waals surface area contributed by atoms with Crippen LogP contribution in [0.2, 0.25) is 0 Å². The minimum absolute atomic E-state index is 0.0825. The summed E-state index contributed by atoms with van der Waals surface area (Å²) in [6, 6.07) is 11.3. The number of benzene rings is 1. The molecule has 25 heavy (non-hydrogen) atoms. The molecular weight excluding hydrogens is 404 g/mol. The van der Waals surface area contributed by atoms with E-state index in [2.05, 4.69) is 31.4 Å². The summed E-state index contributed by atoms with van der Waals surface area (Å²) in [5.41, 5.74) is 0.965. The Hall–Kier alpha value is -2.06. The Morgan fingerprint density at radius 3 is 2.92 bits per heavy atom. The number of amides is 1. The molecule has 1 N–H and O–H groups in total. The van der Waals surface area contributed by atoms with Gasteiger partial charge in [0, 0.05) is 17.1 Å². The summed E-state index contributed by atoms with van der Waals surface area (Å²) in [6.07, 6.45) is 1.59. The maximum Gasteiger partial charge on any atom is 0.231 e. The first kappa shape index (κ1) is 17.8. The van der Waals surface area contributed by atoms with Crippen LogP contribution in [0.5, 0.6) is 0 Å². The number of carbonyl (C=O) groups excluding carboxylic acids is 1. The minimum Gasteiger partial charge on any atom is -0.467 e. The number of furan rings is 1. The Kier molecular flexibility index (Phi) is 5.60. The average Bonchev–Trinajstić information content (AvgIpc) is 3.23. The van der Waals surface area contributed by atoms with E-state index in [-0.39, 0.29) is 17.7 Å². The topological polar surface area (TPSA) is 73.0 Å². The number of hydrogen-bond acceptors (Lipinski definition) is 5. The van der Waals surface area contributed by atoms with Crippen molar-refractivity contribution in [2.75, 3.05) is 5.75 Å². The number of halogens is 1. The van der Waals surface area contributed by atoms with Gasteiger partial charge >= 0.3 is 0 Å². The van der Waals surface area contributed by atoms with Crippen molar-refractivity contribution in [2.24, 2.45) is 7.05 Å². The molecule has 3 rings (SSSR count). The fourth-order valence-corrected chi connectivity index (χ4v) is 3.46. The number of hydrogen-bond donors (Lipinski definition) is 1. The highest BCUT2D eigenvalue weighted by Crippen LogP contribution is 2.25. The molecule has 8 heteroatoms. The van der Waals surface area contributed by atoms with Gasteiger partial charge in [0.2, 0.25) is 5.91 Å². The van der Waals surface area contributed by atoms with Gasteiger partial charge in [-0.25, -0.2) is 0 Å². The molecule has 0 spiro atoms. The molecule has 1 amide bonds. The summed E-state index contributed by atoms with van der Waals surface area (Å²) in [6.45, 7) is 1.88. The molecule has 0 aliphatic heterocycles. The van der Waals surface area contributed by atoms with Crippen LogP contribution in [0, 0.1) is 0 Å². The van der Waals surface area contributed by atoms with Crippen LogP contribution in [-0.2, 0) is 11.8 Å². The number of rotatable bonds is 6. The lowest BCUT2D eigenvalue weighted by Gasteiger charge is -2.11. The van der Waals surface area contributed by atoms with Gasteiger partial charge in [-0.1, -0.05) is 39.8 Å². The van der Waals surface area contributed by atoms with Crippen molar-refractivity contribution in [2.45, 2.75) is 18.1 Å². The summed E-state index contributed by atoms with van der Waals surface area (Å²) in [5.74, 6) is 1.67. The van der Waals surface area contributed by atoms with Gasteiger partial charge in [-0.15, -0.1) is 10.2 Å². The third kappa shape index (κ3) is 4.32. The van der Waals surface area contributed by atoms with Crippen molar-refractivity contribution >= 4 is 33.6 Å². The monoisotopic (exact) mass is 420 g/mol. The fraction of sp³-hybridized carbons (Fsp3) is 0.235. The summed E-state index contributed by atoms with van der Waals surface area (Å²) in [5, 5.41) is 12.0. The van der Waals surface area contributed by atoms with E-state index in [1.54, 1.807) is 12.3 Å². The van der Waals surface area contributed by atoms with Crippen LogP contribution < -0.4 is 5.32 Å². The zero-order valence-electron chi connectivity index (χ0n) is 13.8. The largest absolute Gasteiger partial charge is 0.467 e. The van der Waals surface area contributed by atoms with E-state index in [0.717, 1.165) is 21.6 Å². The highest BCUT2D eigenvalue weighted by Gasteiger charge is 2.15. The molecule has 0 fully saturated rings. The van der Waals surface area contributed by atoms with Crippen LogP contribution in [0.25, 0.3) is 11.4 Å². The van der Waals surface area contributed by atoms with Crippen LogP contribution in [0.4, 0.5) is 0 Å². The molecule has 0 aliphatic carbocycles. The third-order valence-corrected chi connectivity index (χ3v) is 5.11. The lowest BCUT2D eigenvalue weighted by atomic mass is 10.2. The van der Waals surface area contributed by atoms with E-state index in [1.165, 1.54) is 11.8 Å². The summed E-state index contributed by atoms with van der Waals surface area (Å²) in [7, 11) is 1.89. The Bertz CT molecular complexity index is 863. The first-order valence-electron chi connectivity index (χ1n) is 7.65. The zero-order valence-corrected chi connectivity index (χ0v) is 16.2. The van der Waals surface area contributed by atoms with Gasteiger partial charge in [-0.3, -0.25) is 4.79 Å². The third-order valence-electron chi connectivity index (χ3n) is 3.60. The number of aromatic nitrogens is 3. The van der Waals surface area contributed by atoms with E-state index in [9.17, 15) is 4.79 Å². The minimum atomic E-state index is -0.167. The second kappa shape index (κ2) is 7.88. The second-order valence-electron chi connectivity index (χ2n) is 5.47. The first-order chi connectivity index (χ1) is 12.0. The van der Waals surface area contributed by atoms with E-state index in [0.29, 0.717) is 5.16 Å². The molecule has 0 aliphatic rings. The predicted octanol–water partition coefficient (Wildman–Crippen LogP) is 3.81. The highest BCUT2D eigenvalue weighted by atomic mass is 79.9. The Morgan fingerprint density at radius 1 is 1.36 bits per heavy atom. The van der Waals surface area contributed by atoms with Crippen LogP contribution >= 0.6 is 27.7 Å². The summed E-state index contributed by atoms with van der Waals surface area (Å²) < 4.78 is 8.15. The average molecular weight is 421 g/mol. The maximum atomic E-state index is 12.1.